The van der Waals surface area contributed by atoms with Gasteiger partial charge in [0.1, 0.15) is 5.82 Å². The maximum absolute atomic E-state index is 15.1. The second kappa shape index (κ2) is 6.18. The summed E-state index contributed by atoms with van der Waals surface area (Å²) in [7, 11) is 2.16. The van der Waals surface area contributed by atoms with E-state index in [9.17, 15) is 0 Å². The Bertz CT molecular complexity index is 1310. The molecule has 8 heteroatoms. The molecule has 152 valence electrons. The first kappa shape index (κ1) is 17.7. The number of rotatable bonds is 2. The number of anilines is 1. The summed E-state index contributed by atoms with van der Waals surface area (Å²) in [5.74, 6) is 0.459. The molecular weight excluding hydrogens is 381 g/mol. The van der Waals surface area contributed by atoms with Gasteiger partial charge in [-0.15, -0.1) is 10.2 Å². The largest absolute Gasteiger partial charge is 0.349 e. The molecule has 0 aliphatic carbocycles. The first-order chi connectivity index (χ1) is 14.5. The molecule has 6 rings (SSSR count). The van der Waals surface area contributed by atoms with Crippen molar-refractivity contribution in [3.63, 3.8) is 0 Å². The van der Waals surface area contributed by atoms with Gasteiger partial charge in [0.2, 0.25) is 0 Å². The van der Waals surface area contributed by atoms with Gasteiger partial charge in [-0.05, 0) is 57.1 Å². The van der Waals surface area contributed by atoms with Crippen LogP contribution in [0.15, 0.2) is 30.5 Å². The molecule has 0 radical (unpaired) electrons. The number of likely N-dealkylation sites (tertiary alicyclic amines) is 1. The Kier molecular flexibility index (Phi) is 3.65. The SMILES string of the molecule is Cc1cn2nc(-c3cc(F)c4cc(N5C[C@@H]6C[C@H]5CN6C)nnc4c3)cc(C)c2n1. The van der Waals surface area contributed by atoms with Gasteiger partial charge in [0, 0.05) is 36.1 Å². The molecule has 2 aliphatic heterocycles. The van der Waals surface area contributed by atoms with Crippen molar-refractivity contribution in [2.75, 3.05) is 25.0 Å². The van der Waals surface area contributed by atoms with Crippen molar-refractivity contribution in [3.05, 3.63) is 47.5 Å². The molecule has 2 saturated heterocycles. The van der Waals surface area contributed by atoms with Crippen molar-refractivity contribution in [2.45, 2.75) is 32.4 Å². The number of hydrogen-bond acceptors (Lipinski definition) is 6. The first-order valence-corrected chi connectivity index (χ1v) is 10.2. The Morgan fingerprint density at radius 2 is 1.90 bits per heavy atom. The summed E-state index contributed by atoms with van der Waals surface area (Å²) >= 11 is 0. The zero-order valence-corrected chi connectivity index (χ0v) is 17.2. The van der Waals surface area contributed by atoms with Crippen LogP contribution in [0.25, 0.3) is 27.8 Å². The Hall–Kier alpha value is -3.13. The van der Waals surface area contributed by atoms with Crippen LogP contribution in [-0.4, -0.2) is 61.9 Å². The predicted octanol–water partition coefficient (Wildman–Crippen LogP) is 2.99. The third kappa shape index (κ3) is 2.60. The molecule has 2 aliphatic rings. The summed E-state index contributed by atoms with van der Waals surface area (Å²) in [5.41, 5.74) is 4.60. The van der Waals surface area contributed by atoms with Gasteiger partial charge in [-0.1, -0.05) is 0 Å². The number of likely N-dealkylation sites (N-methyl/N-ethyl adjacent to an activating group) is 1. The Morgan fingerprint density at radius 1 is 1.03 bits per heavy atom. The van der Waals surface area contributed by atoms with Gasteiger partial charge in [-0.25, -0.2) is 13.9 Å². The van der Waals surface area contributed by atoms with E-state index in [4.69, 9.17) is 0 Å². The number of aromatic nitrogens is 5. The highest BCUT2D eigenvalue weighted by Crippen LogP contribution is 2.34. The monoisotopic (exact) mass is 403 g/mol. The second-order valence-corrected chi connectivity index (χ2v) is 8.59. The highest BCUT2D eigenvalue weighted by atomic mass is 19.1. The van der Waals surface area contributed by atoms with Crippen molar-refractivity contribution < 1.29 is 4.39 Å². The van der Waals surface area contributed by atoms with Crippen LogP contribution < -0.4 is 4.90 Å². The molecule has 1 aromatic carbocycles. The molecule has 7 nitrogen and oxygen atoms in total. The fraction of sp³-hybridized carbons (Fsp3) is 0.364. The standard InChI is InChI=1S/C22H22FN7/c1-12-4-19(27-30-9-13(2)24-22(12)30)14-5-18(23)17-8-21(26-25-20(17)6-14)29-11-15-7-16(29)10-28(15)3/h4-6,8-9,15-16H,7,10-11H2,1-3H3/t15-,16-/m0/s1. The summed E-state index contributed by atoms with van der Waals surface area (Å²) in [6.45, 7) is 5.86. The number of aryl methyl sites for hydroxylation is 2. The normalized spacial score (nSPS) is 21.4. The molecule has 2 fully saturated rings. The third-order valence-electron chi connectivity index (χ3n) is 6.48. The van der Waals surface area contributed by atoms with Gasteiger partial charge in [0.25, 0.3) is 0 Å². The number of hydrogen-bond donors (Lipinski definition) is 0. The van der Waals surface area contributed by atoms with Gasteiger partial charge in [-0.3, -0.25) is 4.90 Å². The van der Waals surface area contributed by atoms with Gasteiger partial charge in [-0.2, -0.15) is 5.10 Å². The zero-order chi connectivity index (χ0) is 20.6. The van der Waals surface area contributed by atoms with Crippen molar-refractivity contribution in [2.24, 2.45) is 0 Å². The molecule has 3 aromatic heterocycles. The Balaban J connectivity index is 1.41. The Morgan fingerprint density at radius 3 is 2.67 bits per heavy atom. The molecule has 0 amide bonds. The van der Waals surface area contributed by atoms with Crippen LogP contribution in [0.5, 0.6) is 0 Å². The number of benzene rings is 1. The lowest BCUT2D eigenvalue weighted by Gasteiger charge is -2.32. The van der Waals surface area contributed by atoms with E-state index in [-0.39, 0.29) is 5.82 Å². The van der Waals surface area contributed by atoms with E-state index < -0.39 is 0 Å². The van der Waals surface area contributed by atoms with Crippen molar-refractivity contribution in [1.82, 2.24) is 29.7 Å². The van der Waals surface area contributed by atoms with Crippen LogP contribution in [0.1, 0.15) is 17.7 Å². The van der Waals surface area contributed by atoms with Crippen LogP contribution in [-0.2, 0) is 0 Å². The molecule has 30 heavy (non-hydrogen) atoms. The quantitative estimate of drug-likeness (QED) is 0.513. The number of piperazine rings is 1. The summed E-state index contributed by atoms with van der Waals surface area (Å²) in [6, 6.07) is 8.15. The minimum absolute atomic E-state index is 0.304. The highest BCUT2D eigenvalue weighted by Gasteiger charge is 2.42. The van der Waals surface area contributed by atoms with E-state index in [0.717, 1.165) is 42.2 Å². The zero-order valence-electron chi connectivity index (χ0n) is 17.2. The maximum atomic E-state index is 15.1. The average Bonchev–Trinajstić information content (AvgIpc) is 3.40. The number of halogens is 1. The molecule has 0 N–H and O–H groups in total. The van der Waals surface area contributed by atoms with Gasteiger partial charge in [0.15, 0.2) is 11.5 Å². The van der Waals surface area contributed by atoms with Crippen LogP contribution in [0.4, 0.5) is 10.2 Å². The summed E-state index contributed by atoms with van der Waals surface area (Å²) < 4.78 is 16.9. The summed E-state index contributed by atoms with van der Waals surface area (Å²) in [6.07, 6.45) is 3.01. The van der Waals surface area contributed by atoms with E-state index in [1.807, 2.05) is 38.2 Å². The average molecular weight is 403 g/mol. The van der Waals surface area contributed by atoms with Gasteiger partial charge in [0.05, 0.1) is 23.1 Å². The third-order valence-corrected chi connectivity index (χ3v) is 6.48. The van der Waals surface area contributed by atoms with Crippen LogP contribution in [0.3, 0.4) is 0 Å². The predicted molar refractivity (Wildman–Crippen MR) is 113 cm³/mol. The molecule has 2 bridgehead atoms. The minimum atomic E-state index is -0.304. The molecule has 0 unspecified atom stereocenters. The molecular formula is C22H22FN7. The number of imidazole rings is 1. The van der Waals surface area contributed by atoms with Crippen molar-refractivity contribution in [3.8, 4) is 11.3 Å². The van der Waals surface area contributed by atoms with E-state index in [1.54, 1.807) is 4.52 Å². The van der Waals surface area contributed by atoms with Crippen LogP contribution in [0.2, 0.25) is 0 Å². The fourth-order valence-corrected chi connectivity index (χ4v) is 4.91. The second-order valence-electron chi connectivity index (χ2n) is 8.59. The smallest absolute Gasteiger partial charge is 0.156 e. The number of nitrogens with zero attached hydrogens (tertiary/aromatic N) is 7. The van der Waals surface area contributed by atoms with E-state index >= 15 is 4.39 Å². The van der Waals surface area contributed by atoms with E-state index in [1.165, 1.54) is 6.07 Å². The molecule has 0 saturated carbocycles. The lowest BCUT2D eigenvalue weighted by atomic mass is 10.1. The number of fused-ring (bicyclic) bond motifs is 4. The van der Waals surface area contributed by atoms with Gasteiger partial charge >= 0.3 is 0 Å². The molecule has 2 atom stereocenters. The Labute approximate surface area is 173 Å². The summed E-state index contributed by atoms with van der Waals surface area (Å²) in [5, 5.41) is 13.9. The van der Waals surface area contributed by atoms with Crippen molar-refractivity contribution in [1.29, 1.82) is 0 Å². The van der Waals surface area contributed by atoms with Crippen LogP contribution in [0, 0.1) is 19.7 Å². The first-order valence-electron chi connectivity index (χ1n) is 10.2. The van der Waals surface area contributed by atoms with Crippen molar-refractivity contribution >= 4 is 22.4 Å². The lowest BCUT2D eigenvalue weighted by molar-refractivity contribution is 0.292. The lowest BCUT2D eigenvalue weighted by Crippen LogP contribution is -2.44. The topological polar surface area (TPSA) is 62.5 Å². The maximum Gasteiger partial charge on any atom is 0.156 e. The molecule has 5 heterocycles. The van der Waals surface area contributed by atoms with Crippen LogP contribution >= 0.6 is 0 Å². The van der Waals surface area contributed by atoms with Gasteiger partial charge < -0.3 is 4.90 Å². The molecule has 0 spiro atoms. The van der Waals surface area contributed by atoms with E-state index in [2.05, 4.69) is 37.1 Å². The minimum Gasteiger partial charge on any atom is -0.349 e. The van der Waals surface area contributed by atoms with E-state index in [0.29, 0.717) is 34.2 Å². The fourth-order valence-electron chi connectivity index (χ4n) is 4.91. The summed E-state index contributed by atoms with van der Waals surface area (Å²) in [4.78, 5) is 9.13. The highest BCUT2D eigenvalue weighted by molar-refractivity contribution is 5.86. The molecule has 4 aromatic rings.